The van der Waals surface area contributed by atoms with Crippen LogP contribution in [0.2, 0.25) is 0 Å². The fraction of sp³-hybridized carbons (Fsp3) is 0.176. The molecule has 2 aromatic carbocycles. The number of hydrogen-bond donors (Lipinski definition) is 1. The minimum absolute atomic E-state index is 0.610. The van der Waals surface area contributed by atoms with Gasteiger partial charge in [-0.1, -0.05) is 18.2 Å². The maximum absolute atomic E-state index is 11.5. The van der Waals surface area contributed by atoms with E-state index in [-0.39, 0.29) is 0 Å². The van der Waals surface area contributed by atoms with Crippen LogP contribution in [-0.2, 0) is 14.3 Å². The van der Waals surface area contributed by atoms with Crippen LogP contribution < -0.4 is 10.5 Å². The number of methoxy groups -OCH3 is 1. The van der Waals surface area contributed by atoms with Gasteiger partial charge in [0.15, 0.2) is 6.10 Å². The molecular formula is C17H17NO4. The van der Waals surface area contributed by atoms with E-state index in [4.69, 9.17) is 15.2 Å². The van der Waals surface area contributed by atoms with Crippen LogP contribution in [0.1, 0.15) is 12.5 Å². The normalized spacial score (nSPS) is 12.3. The molecule has 0 saturated heterocycles. The highest BCUT2D eigenvalue weighted by molar-refractivity contribution is 5.91. The molecule has 0 spiro atoms. The Kier molecular flexibility index (Phi) is 4.78. The smallest absolute Gasteiger partial charge is 0.331 e. The molecule has 0 saturated carbocycles. The van der Waals surface area contributed by atoms with Gasteiger partial charge >= 0.3 is 5.97 Å². The first-order chi connectivity index (χ1) is 10.5. The van der Waals surface area contributed by atoms with Crippen molar-refractivity contribution in [1.82, 2.24) is 0 Å². The third-order valence-electron chi connectivity index (χ3n) is 3.18. The third kappa shape index (κ3) is 3.85. The van der Waals surface area contributed by atoms with Crippen molar-refractivity contribution in [3.8, 4) is 5.75 Å². The van der Waals surface area contributed by atoms with Gasteiger partial charge in [-0.15, -0.1) is 0 Å². The molecule has 0 aliphatic heterocycles. The molecule has 0 fully saturated rings. The minimum atomic E-state index is -0.943. The number of nitrogens with two attached hydrogens (primary N) is 1. The summed E-state index contributed by atoms with van der Waals surface area (Å²) in [7, 11) is 1.62. The molecule has 0 radical (unpaired) electrons. The minimum Gasteiger partial charge on any atom is -0.497 e. The SMILES string of the molecule is COc1ccc2cc(/C=C/C(=O)O[C@@H](C)C(N)=O)ccc2c1. The second kappa shape index (κ2) is 6.76. The molecule has 2 N–H and O–H groups in total. The lowest BCUT2D eigenvalue weighted by Crippen LogP contribution is -2.29. The Morgan fingerprint density at radius 2 is 1.82 bits per heavy atom. The number of carbonyl (C=O) groups excluding carboxylic acids is 2. The Morgan fingerprint density at radius 3 is 2.50 bits per heavy atom. The number of fused-ring (bicyclic) bond motifs is 1. The molecule has 2 rings (SSSR count). The number of hydrogen-bond acceptors (Lipinski definition) is 4. The maximum atomic E-state index is 11.5. The summed E-state index contributed by atoms with van der Waals surface area (Å²) in [6, 6.07) is 11.5. The highest BCUT2D eigenvalue weighted by Crippen LogP contribution is 2.22. The van der Waals surface area contributed by atoms with Crippen molar-refractivity contribution in [2.75, 3.05) is 7.11 Å². The molecule has 114 valence electrons. The van der Waals surface area contributed by atoms with E-state index >= 15 is 0 Å². The van der Waals surface area contributed by atoms with Gasteiger partial charge in [0, 0.05) is 6.08 Å². The fourth-order valence-corrected chi connectivity index (χ4v) is 1.91. The van der Waals surface area contributed by atoms with Gasteiger partial charge in [-0.05, 0) is 47.5 Å². The van der Waals surface area contributed by atoms with Crippen LogP contribution in [0.3, 0.4) is 0 Å². The van der Waals surface area contributed by atoms with Gasteiger partial charge in [0.1, 0.15) is 5.75 Å². The molecule has 0 aliphatic carbocycles. The monoisotopic (exact) mass is 299 g/mol. The largest absolute Gasteiger partial charge is 0.497 e. The lowest BCUT2D eigenvalue weighted by molar-refractivity contribution is -0.148. The number of amides is 1. The molecule has 5 nitrogen and oxygen atoms in total. The van der Waals surface area contributed by atoms with Crippen LogP contribution in [0.5, 0.6) is 5.75 Å². The first kappa shape index (κ1) is 15.6. The average molecular weight is 299 g/mol. The summed E-state index contributed by atoms with van der Waals surface area (Å²) in [5.74, 6) is -0.498. The average Bonchev–Trinajstić information content (AvgIpc) is 2.52. The summed E-state index contributed by atoms with van der Waals surface area (Å²) in [6.07, 6.45) is 1.95. The Hall–Kier alpha value is -2.82. The highest BCUT2D eigenvalue weighted by atomic mass is 16.5. The predicted molar refractivity (Wildman–Crippen MR) is 84.3 cm³/mol. The van der Waals surface area contributed by atoms with Crippen molar-refractivity contribution in [3.05, 3.63) is 48.0 Å². The molecule has 0 aliphatic rings. The van der Waals surface area contributed by atoms with Gasteiger partial charge in [0.2, 0.25) is 0 Å². The number of ether oxygens (including phenoxy) is 2. The second-order valence-electron chi connectivity index (χ2n) is 4.79. The van der Waals surface area contributed by atoms with Crippen molar-refractivity contribution in [3.63, 3.8) is 0 Å². The molecule has 22 heavy (non-hydrogen) atoms. The molecule has 1 atom stereocenters. The zero-order valence-corrected chi connectivity index (χ0v) is 12.4. The summed E-state index contributed by atoms with van der Waals surface area (Å²) < 4.78 is 10.0. The Balaban J connectivity index is 2.13. The first-order valence-electron chi connectivity index (χ1n) is 6.75. The van der Waals surface area contributed by atoms with Crippen LogP contribution in [0.4, 0.5) is 0 Å². The van der Waals surface area contributed by atoms with E-state index in [2.05, 4.69) is 0 Å². The molecule has 0 heterocycles. The van der Waals surface area contributed by atoms with E-state index in [1.54, 1.807) is 13.2 Å². The Bertz CT molecular complexity index is 737. The molecule has 0 bridgehead atoms. The van der Waals surface area contributed by atoms with E-state index in [9.17, 15) is 9.59 Å². The molecule has 2 aromatic rings. The summed E-state index contributed by atoms with van der Waals surface area (Å²) in [4.78, 5) is 22.4. The van der Waals surface area contributed by atoms with E-state index in [0.29, 0.717) is 0 Å². The number of carbonyl (C=O) groups is 2. The Labute approximate surface area is 128 Å². The number of primary amides is 1. The quantitative estimate of drug-likeness (QED) is 0.678. The predicted octanol–water partition coefficient (Wildman–Crippen LogP) is 2.28. The lowest BCUT2D eigenvalue weighted by atomic mass is 10.1. The van der Waals surface area contributed by atoms with Gasteiger partial charge in [0.25, 0.3) is 5.91 Å². The number of esters is 1. The fourth-order valence-electron chi connectivity index (χ4n) is 1.91. The van der Waals surface area contributed by atoms with Crippen LogP contribution >= 0.6 is 0 Å². The molecule has 0 unspecified atom stereocenters. The van der Waals surface area contributed by atoms with E-state index in [1.165, 1.54) is 13.0 Å². The molecule has 1 amide bonds. The molecule has 0 aromatic heterocycles. The van der Waals surface area contributed by atoms with Gasteiger partial charge in [-0.25, -0.2) is 4.79 Å². The molecule has 5 heteroatoms. The zero-order valence-electron chi connectivity index (χ0n) is 12.4. The second-order valence-corrected chi connectivity index (χ2v) is 4.79. The first-order valence-corrected chi connectivity index (χ1v) is 6.75. The van der Waals surface area contributed by atoms with Crippen LogP contribution in [0.15, 0.2) is 42.5 Å². The maximum Gasteiger partial charge on any atom is 0.331 e. The summed E-state index contributed by atoms with van der Waals surface area (Å²) in [5, 5.41) is 2.07. The lowest BCUT2D eigenvalue weighted by Gasteiger charge is -2.06. The summed E-state index contributed by atoms with van der Waals surface area (Å²) >= 11 is 0. The van der Waals surface area contributed by atoms with Gasteiger partial charge in [0.05, 0.1) is 7.11 Å². The van der Waals surface area contributed by atoms with Crippen molar-refractivity contribution in [2.24, 2.45) is 5.73 Å². The van der Waals surface area contributed by atoms with Crippen molar-refractivity contribution < 1.29 is 19.1 Å². The van der Waals surface area contributed by atoms with Crippen LogP contribution in [0, 0.1) is 0 Å². The topological polar surface area (TPSA) is 78.6 Å². The van der Waals surface area contributed by atoms with E-state index < -0.39 is 18.0 Å². The van der Waals surface area contributed by atoms with Gasteiger partial charge < -0.3 is 15.2 Å². The number of benzene rings is 2. The van der Waals surface area contributed by atoms with Gasteiger partial charge in [-0.3, -0.25) is 4.79 Å². The Morgan fingerprint density at radius 1 is 1.14 bits per heavy atom. The standard InChI is InChI=1S/C17H17NO4/c1-11(17(18)20)22-16(19)8-4-12-3-5-14-10-15(21-2)7-6-13(14)9-12/h3-11H,1-2H3,(H2,18,20)/b8-4+/t11-/m0/s1. The van der Waals surface area contributed by atoms with Crippen molar-refractivity contribution >= 4 is 28.7 Å². The van der Waals surface area contributed by atoms with Crippen LogP contribution in [-0.4, -0.2) is 25.1 Å². The van der Waals surface area contributed by atoms with Crippen molar-refractivity contribution in [1.29, 1.82) is 0 Å². The van der Waals surface area contributed by atoms with E-state index in [0.717, 1.165) is 22.1 Å². The summed E-state index contributed by atoms with van der Waals surface area (Å²) in [6.45, 7) is 1.43. The zero-order chi connectivity index (χ0) is 16.1. The molecular weight excluding hydrogens is 282 g/mol. The third-order valence-corrected chi connectivity index (χ3v) is 3.18. The summed E-state index contributed by atoms with van der Waals surface area (Å²) in [5.41, 5.74) is 5.88. The van der Waals surface area contributed by atoms with Gasteiger partial charge in [-0.2, -0.15) is 0 Å². The highest BCUT2D eigenvalue weighted by Gasteiger charge is 2.11. The van der Waals surface area contributed by atoms with Crippen LogP contribution in [0.25, 0.3) is 16.8 Å². The number of rotatable bonds is 5. The van der Waals surface area contributed by atoms with Crippen molar-refractivity contribution in [2.45, 2.75) is 13.0 Å². The van der Waals surface area contributed by atoms with E-state index in [1.807, 2.05) is 36.4 Å².